The SMILES string of the molecule is CC1(c2cscn2)NCCC1C(=O)O. The Morgan fingerprint density at radius 3 is 3.21 bits per heavy atom. The summed E-state index contributed by atoms with van der Waals surface area (Å²) in [5.74, 6) is -1.12. The molecule has 76 valence electrons. The lowest BCUT2D eigenvalue weighted by atomic mass is 9.85. The van der Waals surface area contributed by atoms with E-state index in [9.17, 15) is 4.79 Å². The van der Waals surface area contributed by atoms with Crippen LogP contribution >= 0.6 is 11.3 Å². The van der Waals surface area contributed by atoms with Crippen molar-refractivity contribution in [3.63, 3.8) is 0 Å². The zero-order valence-corrected chi connectivity index (χ0v) is 8.67. The molecular weight excluding hydrogens is 200 g/mol. The fourth-order valence-electron chi connectivity index (χ4n) is 2.00. The van der Waals surface area contributed by atoms with Crippen LogP contribution in [0.25, 0.3) is 0 Å². The smallest absolute Gasteiger partial charge is 0.308 e. The molecule has 1 aliphatic rings. The Balaban J connectivity index is 2.35. The largest absolute Gasteiger partial charge is 0.481 e. The van der Waals surface area contributed by atoms with Gasteiger partial charge in [0.25, 0.3) is 0 Å². The van der Waals surface area contributed by atoms with Crippen LogP contribution < -0.4 is 5.32 Å². The zero-order valence-electron chi connectivity index (χ0n) is 7.86. The minimum Gasteiger partial charge on any atom is -0.481 e. The summed E-state index contributed by atoms with van der Waals surface area (Å²) in [5.41, 5.74) is 2.08. The lowest BCUT2D eigenvalue weighted by Gasteiger charge is -2.27. The van der Waals surface area contributed by atoms with E-state index in [0.29, 0.717) is 6.42 Å². The highest BCUT2D eigenvalue weighted by molar-refractivity contribution is 7.07. The van der Waals surface area contributed by atoms with Gasteiger partial charge in [0.05, 0.1) is 22.7 Å². The third-order valence-corrected chi connectivity index (χ3v) is 3.47. The minimum atomic E-state index is -0.745. The van der Waals surface area contributed by atoms with Crippen molar-refractivity contribution in [1.82, 2.24) is 10.3 Å². The molecule has 0 spiro atoms. The van der Waals surface area contributed by atoms with Crippen molar-refractivity contribution in [2.75, 3.05) is 6.54 Å². The first kappa shape index (κ1) is 9.61. The van der Waals surface area contributed by atoms with Gasteiger partial charge in [-0.25, -0.2) is 4.98 Å². The van der Waals surface area contributed by atoms with Gasteiger partial charge in [-0.1, -0.05) is 0 Å². The number of rotatable bonds is 2. The number of aliphatic carboxylic acids is 1. The Morgan fingerprint density at radius 2 is 2.64 bits per heavy atom. The number of hydrogen-bond acceptors (Lipinski definition) is 4. The standard InChI is InChI=1S/C9H12N2O2S/c1-9(7-4-14-5-10-7)6(8(12)13)2-3-11-9/h4-6,11H,2-3H2,1H3,(H,12,13). The normalized spacial score (nSPS) is 31.9. The van der Waals surface area contributed by atoms with Crippen LogP contribution in [0.4, 0.5) is 0 Å². The summed E-state index contributed by atoms with van der Waals surface area (Å²) in [4.78, 5) is 15.2. The van der Waals surface area contributed by atoms with Crippen molar-refractivity contribution in [2.24, 2.45) is 5.92 Å². The molecule has 0 amide bonds. The fourth-order valence-corrected chi connectivity index (χ4v) is 2.67. The van der Waals surface area contributed by atoms with Crippen molar-refractivity contribution in [2.45, 2.75) is 18.9 Å². The van der Waals surface area contributed by atoms with Crippen LogP contribution in [-0.2, 0) is 10.3 Å². The Morgan fingerprint density at radius 1 is 1.86 bits per heavy atom. The van der Waals surface area contributed by atoms with Gasteiger partial charge in [0, 0.05) is 5.38 Å². The van der Waals surface area contributed by atoms with E-state index in [-0.39, 0.29) is 5.92 Å². The van der Waals surface area contributed by atoms with Gasteiger partial charge in [0.1, 0.15) is 0 Å². The van der Waals surface area contributed by atoms with Gasteiger partial charge >= 0.3 is 5.97 Å². The highest BCUT2D eigenvalue weighted by Gasteiger charge is 2.45. The van der Waals surface area contributed by atoms with Crippen molar-refractivity contribution in [1.29, 1.82) is 0 Å². The lowest BCUT2D eigenvalue weighted by Crippen LogP contribution is -2.42. The molecule has 0 aliphatic carbocycles. The molecule has 0 saturated carbocycles. The van der Waals surface area contributed by atoms with Crippen LogP contribution in [0.3, 0.4) is 0 Å². The third kappa shape index (κ3) is 1.33. The molecule has 1 aliphatic heterocycles. The molecule has 2 heterocycles. The van der Waals surface area contributed by atoms with E-state index >= 15 is 0 Å². The first-order valence-corrected chi connectivity index (χ1v) is 5.45. The van der Waals surface area contributed by atoms with E-state index in [4.69, 9.17) is 5.11 Å². The molecule has 0 radical (unpaired) electrons. The Hall–Kier alpha value is -0.940. The van der Waals surface area contributed by atoms with Crippen molar-refractivity contribution < 1.29 is 9.90 Å². The molecule has 2 N–H and O–H groups in total. The second-order valence-corrected chi connectivity index (χ2v) is 4.40. The molecular formula is C9H12N2O2S. The molecule has 2 unspecified atom stereocenters. The second kappa shape index (κ2) is 3.33. The number of aromatic nitrogens is 1. The van der Waals surface area contributed by atoms with Gasteiger partial charge in [-0.15, -0.1) is 11.3 Å². The number of nitrogens with zero attached hydrogens (tertiary/aromatic N) is 1. The van der Waals surface area contributed by atoms with E-state index in [1.54, 1.807) is 5.51 Å². The number of carboxylic acids is 1. The predicted octanol–water partition coefficient (Wildman–Crippen LogP) is 1.05. The van der Waals surface area contributed by atoms with Crippen LogP contribution in [0.1, 0.15) is 19.0 Å². The van der Waals surface area contributed by atoms with Crippen LogP contribution in [0.5, 0.6) is 0 Å². The van der Waals surface area contributed by atoms with Crippen LogP contribution in [0.15, 0.2) is 10.9 Å². The minimum absolute atomic E-state index is 0.371. The molecule has 1 aromatic heterocycles. The Labute approximate surface area is 86.0 Å². The third-order valence-electron chi connectivity index (χ3n) is 2.88. The lowest BCUT2D eigenvalue weighted by molar-refractivity contribution is -0.143. The molecule has 2 rings (SSSR count). The van der Waals surface area contributed by atoms with Gasteiger partial charge in [0.15, 0.2) is 0 Å². The van der Waals surface area contributed by atoms with E-state index in [1.807, 2.05) is 12.3 Å². The van der Waals surface area contributed by atoms with E-state index < -0.39 is 11.5 Å². The van der Waals surface area contributed by atoms with Crippen LogP contribution in [-0.4, -0.2) is 22.6 Å². The van der Waals surface area contributed by atoms with E-state index in [0.717, 1.165) is 12.2 Å². The molecule has 1 saturated heterocycles. The predicted molar refractivity (Wildman–Crippen MR) is 53.2 cm³/mol. The number of carbonyl (C=O) groups is 1. The van der Waals surface area contributed by atoms with Crippen LogP contribution in [0, 0.1) is 5.92 Å². The van der Waals surface area contributed by atoms with Crippen molar-refractivity contribution in [3.05, 3.63) is 16.6 Å². The molecule has 14 heavy (non-hydrogen) atoms. The summed E-state index contributed by atoms with van der Waals surface area (Å²) >= 11 is 1.49. The second-order valence-electron chi connectivity index (χ2n) is 3.68. The van der Waals surface area contributed by atoms with Crippen molar-refractivity contribution >= 4 is 17.3 Å². The first-order valence-electron chi connectivity index (χ1n) is 4.51. The maximum absolute atomic E-state index is 11.0. The maximum atomic E-state index is 11.0. The van der Waals surface area contributed by atoms with Gasteiger partial charge in [-0.2, -0.15) is 0 Å². The molecule has 1 fully saturated rings. The summed E-state index contributed by atoms with van der Waals surface area (Å²) in [7, 11) is 0. The highest BCUT2D eigenvalue weighted by Crippen LogP contribution is 2.35. The zero-order chi connectivity index (χ0) is 10.2. The molecule has 1 aromatic rings. The molecule has 2 atom stereocenters. The van der Waals surface area contributed by atoms with E-state index in [2.05, 4.69) is 10.3 Å². The van der Waals surface area contributed by atoms with Gasteiger partial charge in [0.2, 0.25) is 0 Å². The first-order chi connectivity index (χ1) is 6.64. The topological polar surface area (TPSA) is 62.2 Å². The summed E-state index contributed by atoms with van der Waals surface area (Å²) in [6, 6.07) is 0. The highest BCUT2D eigenvalue weighted by atomic mass is 32.1. The number of hydrogen-bond donors (Lipinski definition) is 2. The van der Waals surface area contributed by atoms with Crippen molar-refractivity contribution in [3.8, 4) is 0 Å². The molecule has 5 heteroatoms. The fraction of sp³-hybridized carbons (Fsp3) is 0.556. The summed E-state index contributed by atoms with van der Waals surface area (Å²) < 4.78 is 0. The molecule has 4 nitrogen and oxygen atoms in total. The monoisotopic (exact) mass is 212 g/mol. The molecule has 0 bridgehead atoms. The van der Waals surface area contributed by atoms with Gasteiger partial charge in [-0.05, 0) is 19.9 Å². The average molecular weight is 212 g/mol. The summed E-state index contributed by atoms with van der Waals surface area (Å²) in [5, 5.41) is 14.2. The number of nitrogens with one attached hydrogen (secondary N) is 1. The molecule has 0 aromatic carbocycles. The summed E-state index contributed by atoms with van der Waals surface area (Å²) in [6.07, 6.45) is 0.670. The number of carboxylic acid groups (broad SMARTS) is 1. The van der Waals surface area contributed by atoms with Gasteiger partial charge < -0.3 is 10.4 Å². The maximum Gasteiger partial charge on any atom is 0.308 e. The van der Waals surface area contributed by atoms with Gasteiger partial charge in [-0.3, -0.25) is 4.79 Å². The Bertz CT molecular complexity index is 339. The number of thiazole rings is 1. The summed E-state index contributed by atoms with van der Waals surface area (Å²) in [6.45, 7) is 2.65. The van der Waals surface area contributed by atoms with Crippen LogP contribution in [0.2, 0.25) is 0 Å². The average Bonchev–Trinajstić information content (AvgIpc) is 2.71. The quantitative estimate of drug-likeness (QED) is 0.769. The van der Waals surface area contributed by atoms with E-state index in [1.165, 1.54) is 11.3 Å². The Kier molecular flexibility index (Phi) is 2.28.